The molecule has 0 fully saturated rings. The van der Waals surface area contributed by atoms with Gasteiger partial charge in [-0.2, -0.15) is 13.2 Å². The SMILES string of the molecule is O=C(CCc1cn2ccccc2n1)N[C@@H](c1cccnc1)C(F)(F)F. The Morgan fingerprint density at radius 2 is 2.08 bits per heavy atom. The summed E-state index contributed by atoms with van der Waals surface area (Å²) in [5.41, 5.74) is 1.27. The molecule has 3 aromatic rings. The number of hydrogen-bond donors (Lipinski definition) is 1. The summed E-state index contributed by atoms with van der Waals surface area (Å²) in [7, 11) is 0. The molecule has 0 aliphatic carbocycles. The van der Waals surface area contributed by atoms with E-state index in [0.717, 1.165) is 11.8 Å². The molecule has 3 rings (SSSR count). The number of fused-ring (bicyclic) bond motifs is 1. The van der Waals surface area contributed by atoms with Crippen LogP contribution in [0.5, 0.6) is 0 Å². The van der Waals surface area contributed by atoms with Crippen LogP contribution in [0.4, 0.5) is 13.2 Å². The van der Waals surface area contributed by atoms with Crippen molar-refractivity contribution in [1.29, 1.82) is 0 Å². The maximum Gasteiger partial charge on any atom is 0.412 e. The molecule has 1 amide bonds. The molecule has 0 aliphatic rings. The summed E-state index contributed by atoms with van der Waals surface area (Å²) in [6, 6.07) is 6.10. The van der Waals surface area contributed by atoms with E-state index in [4.69, 9.17) is 0 Å². The minimum Gasteiger partial charge on any atom is -0.341 e. The van der Waals surface area contributed by atoms with Gasteiger partial charge in [-0.3, -0.25) is 9.78 Å². The van der Waals surface area contributed by atoms with Gasteiger partial charge in [0.1, 0.15) is 5.65 Å². The van der Waals surface area contributed by atoms with Crippen molar-refractivity contribution in [2.45, 2.75) is 25.1 Å². The Morgan fingerprint density at radius 3 is 2.76 bits per heavy atom. The van der Waals surface area contributed by atoms with Gasteiger partial charge in [-0.05, 0) is 24.6 Å². The molecule has 0 aliphatic heterocycles. The molecule has 5 nitrogen and oxygen atoms in total. The first kappa shape index (κ1) is 16.9. The van der Waals surface area contributed by atoms with E-state index in [9.17, 15) is 18.0 Å². The second-order valence-corrected chi connectivity index (χ2v) is 5.53. The summed E-state index contributed by atoms with van der Waals surface area (Å²) in [5, 5.41) is 2.04. The van der Waals surface area contributed by atoms with Gasteiger partial charge in [0.05, 0.1) is 5.69 Å². The van der Waals surface area contributed by atoms with Crippen molar-refractivity contribution >= 4 is 11.6 Å². The molecule has 0 saturated carbocycles. The molecule has 0 saturated heterocycles. The number of carbonyl (C=O) groups is 1. The summed E-state index contributed by atoms with van der Waals surface area (Å²) in [6.07, 6.45) is 1.62. The number of nitrogens with zero attached hydrogens (tertiary/aromatic N) is 3. The van der Waals surface area contributed by atoms with Gasteiger partial charge in [-0.1, -0.05) is 12.1 Å². The zero-order valence-corrected chi connectivity index (χ0v) is 13.1. The monoisotopic (exact) mass is 348 g/mol. The first-order valence-corrected chi connectivity index (χ1v) is 7.62. The first-order valence-electron chi connectivity index (χ1n) is 7.62. The van der Waals surface area contributed by atoms with Gasteiger partial charge in [0.2, 0.25) is 5.91 Å². The molecule has 0 aromatic carbocycles. The number of pyridine rings is 2. The number of amides is 1. The fourth-order valence-electron chi connectivity index (χ4n) is 2.48. The highest BCUT2D eigenvalue weighted by atomic mass is 19.4. The number of aryl methyl sites for hydroxylation is 1. The zero-order chi connectivity index (χ0) is 17.9. The number of carbonyl (C=O) groups excluding carboxylic acids is 1. The number of nitrogens with one attached hydrogen (secondary N) is 1. The molecule has 0 bridgehead atoms. The summed E-state index contributed by atoms with van der Waals surface area (Å²) >= 11 is 0. The van der Waals surface area contributed by atoms with Crippen molar-refractivity contribution in [3.8, 4) is 0 Å². The lowest BCUT2D eigenvalue weighted by atomic mass is 10.1. The molecule has 0 radical (unpaired) electrons. The number of alkyl halides is 3. The van der Waals surface area contributed by atoms with Crippen molar-refractivity contribution in [1.82, 2.24) is 19.7 Å². The Morgan fingerprint density at radius 1 is 1.24 bits per heavy atom. The van der Waals surface area contributed by atoms with Crippen LogP contribution < -0.4 is 5.32 Å². The van der Waals surface area contributed by atoms with Crippen molar-refractivity contribution in [3.05, 3.63) is 66.4 Å². The molecule has 1 atom stereocenters. The number of rotatable bonds is 5. The number of imidazole rings is 1. The van der Waals surface area contributed by atoms with Crippen LogP contribution in [0, 0.1) is 0 Å². The Hall–Kier alpha value is -2.90. The lowest BCUT2D eigenvalue weighted by Crippen LogP contribution is -2.38. The fraction of sp³-hybridized carbons (Fsp3) is 0.235. The predicted octanol–water partition coefficient (Wildman–Crippen LogP) is 3.08. The van der Waals surface area contributed by atoms with Crippen LogP contribution in [-0.4, -0.2) is 26.5 Å². The highest BCUT2D eigenvalue weighted by Crippen LogP contribution is 2.32. The van der Waals surface area contributed by atoms with Gasteiger partial charge in [0.25, 0.3) is 0 Å². The van der Waals surface area contributed by atoms with Gasteiger partial charge in [0, 0.05) is 36.8 Å². The minimum absolute atomic E-state index is 0.0866. The van der Waals surface area contributed by atoms with E-state index in [1.165, 1.54) is 18.3 Å². The quantitative estimate of drug-likeness (QED) is 0.771. The molecule has 130 valence electrons. The first-order chi connectivity index (χ1) is 11.9. The third-order valence-electron chi connectivity index (χ3n) is 3.67. The molecule has 3 aromatic heterocycles. The van der Waals surface area contributed by atoms with Crippen LogP contribution >= 0.6 is 0 Å². The van der Waals surface area contributed by atoms with E-state index in [1.807, 2.05) is 29.7 Å². The van der Waals surface area contributed by atoms with Gasteiger partial charge in [0.15, 0.2) is 6.04 Å². The third-order valence-corrected chi connectivity index (χ3v) is 3.67. The van der Waals surface area contributed by atoms with Crippen LogP contribution in [0.2, 0.25) is 0 Å². The second kappa shape index (κ2) is 6.92. The van der Waals surface area contributed by atoms with Gasteiger partial charge < -0.3 is 9.72 Å². The summed E-state index contributed by atoms with van der Waals surface area (Å²) in [6.45, 7) is 0. The standard InChI is InChI=1S/C17H15F3N4O/c18-17(19,20)16(12-4-3-8-21-10-12)23-15(25)7-6-13-11-24-9-2-1-5-14(24)22-13/h1-5,8-11,16H,6-7H2,(H,23,25)/t16-/m0/s1. The van der Waals surface area contributed by atoms with Crippen LogP contribution in [0.3, 0.4) is 0 Å². The lowest BCUT2D eigenvalue weighted by Gasteiger charge is -2.21. The molecule has 0 unspecified atom stereocenters. The fourth-order valence-corrected chi connectivity index (χ4v) is 2.48. The van der Waals surface area contributed by atoms with Crippen LogP contribution in [0.25, 0.3) is 5.65 Å². The average molecular weight is 348 g/mol. The molecular formula is C17H15F3N4O. The number of hydrogen-bond acceptors (Lipinski definition) is 3. The molecule has 0 spiro atoms. The van der Waals surface area contributed by atoms with E-state index in [-0.39, 0.29) is 18.4 Å². The topological polar surface area (TPSA) is 59.3 Å². The van der Waals surface area contributed by atoms with Gasteiger partial charge in [-0.15, -0.1) is 0 Å². The Kier molecular flexibility index (Phi) is 4.69. The zero-order valence-electron chi connectivity index (χ0n) is 13.1. The Balaban J connectivity index is 1.65. The molecule has 25 heavy (non-hydrogen) atoms. The maximum absolute atomic E-state index is 13.2. The summed E-state index contributed by atoms with van der Waals surface area (Å²) in [4.78, 5) is 20.0. The summed E-state index contributed by atoms with van der Waals surface area (Å²) < 4.78 is 41.4. The minimum atomic E-state index is -4.60. The van der Waals surface area contributed by atoms with Crippen molar-refractivity contribution in [2.24, 2.45) is 0 Å². The van der Waals surface area contributed by atoms with Gasteiger partial charge in [-0.25, -0.2) is 4.98 Å². The summed E-state index contributed by atoms with van der Waals surface area (Å²) in [5.74, 6) is -0.691. The van der Waals surface area contributed by atoms with Gasteiger partial charge >= 0.3 is 6.18 Å². The molecular weight excluding hydrogens is 333 g/mol. The molecule has 3 heterocycles. The Bertz CT molecular complexity index is 828. The average Bonchev–Trinajstić information content (AvgIpc) is 3.00. The second-order valence-electron chi connectivity index (χ2n) is 5.53. The smallest absolute Gasteiger partial charge is 0.341 e. The van der Waals surface area contributed by atoms with E-state index in [2.05, 4.69) is 9.97 Å². The Labute approximate surface area is 141 Å². The highest BCUT2D eigenvalue weighted by Gasteiger charge is 2.41. The van der Waals surface area contributed by atoms with E-state index < -0.39 is 18.1 Å². The maximum atomic E-state index is 13.2. The molecule has 1 N–H and O–H groups in total. The van der Waals surface area contributed by atoms with E-state index in [1.54, 1.807) is 10.6 Å². The number of aromatic nitrogens is 3. The van der Waals surface area contributed by atoms with Crippen molar-refractivity contribution in [2.75, 3.05) is 0 Å². The van der Waals surface area contributed by atoms with Crippen LogP contribution in [-0.2, 0) is 11.2 Å². The van der Waals surface area contributed by atoms with E-state index >= 15 is 0 Å². The third kappa shape index (κ3) is 4.14. The van der Waals surface area contributed by atoms with E-state index in [0.29, 0.717) is 5.69 Å². The predicted molar refractivity (Wildman–Crippen MR) is 84.7 cm³/mol. The molecule has 8 heteroatoms. The normalized spacial score (nSPS) is 12.9. The largest absolute Gasteiger partial charge is 0.412 e. The number of halogens is 3. The van der Waals surface area contributed by atoms with Crippen molar-refractivity contribution < 1.29 is 18.0 Å². The van der Waals surface area contributed by atoms with Crippen molar-refractivity contribution in [3.63, 3.8) is 0 Å². The lowest BCUT2D eigenvalue weighted by molar-refractivity contribution is -0.163. The highest BCUT2D eigenvalue weighted by molar-refractivity contribution is 5.76. The van der Waals surface area contributed by atoms with Crippen LogP contribution in [0.15, 0.2) is 55.1 Å². The van der Waals surface area contributed by atoms with Crippen LogP contribution in [0.1, 0.15) is 23.7 Å².